The average molecular weight is 292 g/mol. The molecule has 0 spiro atoms. The summed E-state index contributed by atoms with van der Waals surface area (Å²) in [5, 5.41) is 4.17. The molecule has 0 saturated heterocycles. The Morgan fingerprint density at radius 2 is 2.10 bits per heavy atom. The molecule has 4 heteroatoms. The van der Waals surface area contributed by atoms with Crippen molar-refractivity contribution in [3.05, 3.63) is 40.2 Å². The van der Waals surface area contributed by atoms with Crippen LogP contribution in [-0.2, 0) is 13.0 Å². The van der Waals surface area contributed by atoms with Gasteiger partial charge >= 0.3 is 0 Å². The normalized spacial score (nSPS) is 11.3. The monoisotopic (exact) mass is 292 g/mol. The van der Waals surface area contributed by atoms with E-state index in [1.807, 2.05) is 19.2 Å². The molecular formula is C16H21FN2S. The van der Waals surface area contributed by atoms with E-state index in [9.17, 15) is 4.39 Å². The van der Waals surface area contributed by atoms with Gasteiger partial charge in [0.2, 0.25) is 0 Å². The number of hydrogen-bond donors (Lipinski definition) is 1. The summed E-state index contributed by atoms with van der Waals surface area (Å²) in [4.78, 5) is 6.04. The number of hydrogen-bond acceptors (Lipinski definition) is 3. The fourth-order valence-electron chi connectivity index (χ4n) is 2.13. The van der Waals surface area contributed by atoms with Crippen molar-refractivity contribution in [2.45, 2.75) is 33.7 Å². The molecule has 108 valence electrons. The second-order valence-electron chi connectivity index (χ2n) is 5.48. The van der Waals surface area contributed by atoms with Crippen LogP contribution in [-0.4, -0.2) is 12.0 Å². The van der Waals surface area contributed by atoms with Crippen molar-refractivity contribution in [2.75, 3.05) is 7.05 Å². The van der Waals surface area contributed by atoms with Gasteiger partial charge in [-0.25, -0.2) is 9.37 Å². The molecule has 20 heavy (non-hydrogen) atoms. The Morgan fingerprint density at radius 3 is 2.70 bits per heavy atom. The Bertz CT molecular complexity index is 590. The highest BCUT2D eigenvalue weighted by Gasteiger charge is 2.14. The number of halogens is 1. The lowest BCUT2D eigenvalue weighted by atomic mass is 10.1. The van der Waals surface area contributed by atoms with Gasteiger partial charge in [0, 0.05) is 17.0 Å². The number of benzene rings is 1. The zero-order valence-electron chi connectivity index (χ0n) is 12.5. The van der Waals surface area contributed by atoms with Crippen molar-refractivity contribution in [1.82, 2.24) is 10.3 Å². The minimum atomic E-state index is -0.164. The van der Waals surface area contributed by atoms with Gasteiger partial charge < -0.3 is 5.32 Å². The van der Waals surface area contributed by atoms with Crippen LogP contribution in [0.15, 0.2) is 18.2 Å². The van der Waals surface area contributed by atoms with E-state index in [1.165, 1.54) is 10.9 Å². The van der Waals surface area contributed by atoms with E-state index in [0.717, 1.165) is 29.2 Å². The van der Waals surface area contributed by atoms with E-state index < -0.39 is 0 Å². The maximum atomic E-state index is 13.4. The number of aryl methyl sites for hydroxylation is 1. The Kier molecular flexibility index (Phi) is 4.89. The summed E-state index contributed by atoms with van der Waals surface area (Å²) in [5.41, 5.74) is 2.83. The summed E-state index contributed by atoms with van der Waals surface area (Å²) in [6, 6.07) is 5.20. The second-order valence-corrected chi connectivity index (χ2v) is 6.56. The first-order valence-electron chi connectivity index (χ1n) is 6.91. The molecule has 1 aromatic heterocycles. The van der Waals surface area contributed by atoms with Crippen LogP contribution in [0.1, 0.15) is 30.0 Å². The molecule has 2 aromatic rings. The number of rotatable bonds is 5. The zero-order chi connectivity index (χ0) is 14.7. The molecular weight excluding hydrogens is 271 g/mol. The predicted octanol–water partition coefficient (Wildman–Crippen LogP) is 4.18. The van der Waals surface area contributed by atoms with Crippen LogP contribution in [0.4, 0.5) is 4.39 Å². The van der Waals surface area contributed by atoms with Gasteiger partial charge in [-0.3, -0.25) is 0 Å². The number of nitrogens with one attached hydrogen (secondary N) is 1. The topological polar surface area (TPSA) is 24.9 Å². The van der Waals surface area contributed by atoms with Crippen LogP contribution in [0, 0.1) is 18.7 Å². The van der Waals surface area contributed by atoms with E-state index in [0.29, 0.717) is 11.5 Å². The van der Waals surface area contributed by atoms with Crippen molar-refractivity contribution in [2.24, 2.45) is 5.92 Å². The van der Waals surface area contributed by atoms with Crippen LogP contribution in [0.2, 0.25) is 0 Å². The third kappa shape index (κ3) is 3.44. The van der Waals surface area contributed by atoms with E-state index in [4.69, 9.17) is 4.98 Å². The fourth-order valence-corrected chi connectivity index (χ4v) is 3.23. The van der Waals surface area contributed by atoms with Gasteiger partial charge in [0.05, 0.1) is 5.69 Å². The molecule has 1 aromatic carbocycles. The lowest BCUT2D eigenvalue weighted by Crippen LogP contribution is -2.07. The summed E-state index contributed by atoms with van der Waals surface area (Å²) in [5.74, 6) is 0.415. The summed E-state index contributed by atoms with van der Waals surface area (Å²) >= 11 is 1.70. The molecule has 0 amide bonds. The van der Waals surface area contributed by atoms with Gasteiger partial charge in [0.25, 0.3) is 0 Å². The number of aromatic nitrogens is 1. The molecule has 1 N–H and O–H groups in total. The van der Waals surface area contributed by atoms with Crippen LogP contribution in [0.3, 0.4) is 0 Å². The van der Waals surface area contributed by atoms with Gasteiger partial charge in [-0.2, -0.15) is 0 Å². The first kappa shape index (κ1) is 15.1. The molecule has 0 atom stereocenters. The Hall–Kier alpha value is -1.26. The third-order valence-corrected chi connectivity index (χ3v) is 4.27. The average Bonchev–Trinajstić information content (AvgIpc) is 2.76. The SMILES string of the molecule is CNCc1sc(-c2ccc(F)c(C)c2)nc1CC(C)C. The van der Waals surface area contributed by atoms with Gasteiger partial charge in [-0.15, -0.1) is 11.3 Å². The summed E-state index contributed by atoms with van der Waals surface area (Å²) < 4.78 is 13.4. The van der Waals surface area contributed by atoms with Crippen LogP contribution >= 0.6 is 11.3 Å². The first-order valence-corrected chi connectivity index (χ1v) is 7.72. The summed E-state index contributed by atoms with van der Waals surface area (Å²) in [6.07, 6.45) is 0.980. The van der Waals surface area contributed by atoms with E-state index in [1.54, 1.807) is 18.3 Å². The molecule has 0 aliphatic rings. The molecule has 0 aliphatic carbocycles. The number of nitrogens with zero attached hydrogens (tertiary/aromatic N) is 1. The Morgan fingerprint density at radius 1 is 1.35 bits per heavy atom. The van der Waals surface area contributed by atoms with Crippen molar-refractivity contribution in [3.63, 3.8) is 0 Å². The second kappa shape index (κ2) is 6.46. The fraction of sp³-hybridized carbons (Fsp3) is 0.438. The maximum Gasteiger partial charge on any atom is 0.126 e. The minimum Gasteiger partial charge on any atom is -0.315 e. The molecule has 0 bridgehead atoms. The Labute approximate surface area is 124 Å². The highest BCUT2D eigenvalue weighted by molar-refractivity contribution is 7.15. The first-order chi connectivity index (χ1) is 9.51. The maximum absolute atomic E-state index is 13.4. The smallest absolute Gasteiger partial charge is 0.126 e. The van der Waals surface area contributed by atoms with Gasteiger partial charge in [0.1, 0.15) is 10.8 Å². The quantitative estimate of drug-likeness (QED) is 0.894. The number of thiazole rings is 1. The molecule has 1 heterocycles. The van der Waals surface area contributed by atoms with Crippen molar-refractivity contribution >= 4 is 11.3 Å². The van der Waals surface area contributed by atoms with Crippen molar-refractivity contribution < 1.29 is 4.39 Å². The van der Waals surface area contributed by atoms with E-state index in [-0.39, 0.29) is 5.82 Å². The lowest BCUT2D eigenvalue weighted by molar-refractivity contribution is 0.618. The molecule has 2 rings (SSSR count). The zero-order valence-corrected chi connectivity index (χ0v) is 13.3. The van der Waals surface area contributed by atoms with Crippen LogP contribution in [0.5, 0.6) is 0 Å². The summed E-state index contributed by atoms with van der Waals surface area (Å²) in [6.45, 7) is 7.02. The summed E-state index contributed by atoms with van der Waals surface area (Å²) in [7, 11) is 1.95. The highest BCUT2D eigenvalue weighted by atomic mass is 32.1. The molecule has 0 radical (unpaired) electrons. The molecule has 0 aliphatic heterocycles. The molecule has 0 fully saturated rings. The van der Waals surface area contributed by atoms with Crippen molar-refractivity contribution in [3.8, 4) is 10.6 Å². The molecule has 0 unspecified atom stereocenters. The predicted molar refractivity (Wildman–Crippen MR) is 83.6 cm³/mol. The van der Waals surface area contributed by atoms with Crippen molar-refractivity contribution in [1.29, 1.82) is 0 Å². The lowest BCUT2D eigenvalue weighted by Gasteiger charge is -2.03. The van der Waals surface area contributed by atoms with Crippen LogP contribution < -0.4 is 5.32 Å². The van der Waals surface area contributed by atoms with E-state index >= 15 is 0 Å². The molecule has 2 nitrogen and oxygen atoms in total. The van der Waals surface area contributed by atoms with E-state index in [2.05, 4.69) is 19.2 Å². The van der Waals surface area contributed by atoms with Gasteiger partial charge in [0.15, 0.2) is 0 Å². The Balaban J connectivity index is 2.38. The standard InChI is InChI=1S/C16H21FN2S/c1-10(2)7-14-15(9-18-4)20-16(19-14)12-5-6-13(17)11(3)8-12/h5-6,8,10,18H,7,9H2,1-4H3. The van der Waals surface area contributed by atoms with Gasteiger partial charge in [-0.1, -0.05) is 13.8 Å². The molecule has 0 saturated carbocycles. The van der Waals surface area contributed by atoms with Gasteiger partial charge in [-0.05, 0) is 50.1 Å². The largest absolute Gasteiger partial charge is 0.315 e. The van der Waals surface area contributed by atoms with Crippen LogP contribution in [0.25, 0.3) is 10.6 Å². The third-order valence-electron chi connectivity index (χ3n) is 3.12. The minimum absolute atomic E-state index is 0.164. The highest BCUT2D eigenvalue weighted by Crippen LogP contribution is 2.30.